The Balaban J connectivity index is 4.02. The molecule has 0 bridgehead atoms. The molecular formula is C15H34N2O. The van der Waals surface area contributed by atoms with Gasteiger partial charge in [-0.25, -0.2) is 0 Å². The average molecular weight is 258 g/mol. The lowest BCUT2D eigenvalue weighted by Crippen LogP contribution is -2.41. The summed E-state index contributed by atoms with van der Waals surface area (Å²) in [6.45, 7) is 14.7. The number of nitrogens with zero attached hydrogens (tertiary/aromatic N) is 2. The van der Waals surface area contributed by atoms with Crippen LogP contribution in [0.2, 0.25) is 0 Å². The first kappa shape index (κ1) is 17.9. The van der Waals surface area contributed by atoms with Crippen LogP contribution in [0.4, 0.5) is 0 Å². The lowest BCUT2D eigenvalue weighted by Gasteiger charge is -2.28. The lowest BCUT2D eigenvalue weighted by molar-refractivity contribution is 0.0759. The summed E-state index contributed by atoms with van der Waals surface area (Å²) in [4.78, 5) is 4.73. The average Bonchev–Trinajstić information content (AvgIpc) is 2.39. The van der Waals surface area contributed by atoms with Crippen molar-refractivity contribution in [1.82, 2.24) is 9.80 Å². The first-order chi connectivity index (χ1) is 8.67. The Morgan fingerprint density at radius 3 is 1.61 bits per heavy atom. The molecule has 3 heteroatoms. The van der Waals surface area contributed by atoms with Gasteiger partial charge in [-0.2, -0.15) is 0 Å². The zero-order chi connectivity index (χ0) is 13.8. The van der Waals surface area contributed by atoms with Gasteiger partial charge in [0.1, 0.15) is 0 Å². The third kappa shape index (κ3) is 8.90. The second-order valence-electron chi connectivity index (χ2n) is 5.15. The van der Waals surface area contributed by atoms with Crippen molar-refractivity contribution in [1.29, 1.82) is 0 Å². The first-order valence-electron chi connectivity index (χ1n) is 7.80. The first-order valence-corrected chi connectivity index (χ1v) is 7.80. The summed E-state index contributed by atoms with van der Waals surface area (Å²) in [6, 6.07) is 0. The van der Waals surface area contributed by atoms with Gasteiger partial charge in [0.25, 0.3) is 0 Å². The third-order valence-electron chi connectivity index (χ3n) is 3.49. The molecule has 110 valence electrons. The fourth-order valence-electron chi connectivity index (χ4n) is 2.19. The molecule has 0 saturated heterocycles. The van der Waals surface area contributed by atoms with E-state index in [9.17, 15) is 5.11 Å². The van der Waals surface area contributed by atoms with Crippen molar-refractivity contribution < 1.29 is 5.11 Å². The van der Waals surface area contributed by atoms with Gasteiger partial charge in [-0.1, -0.05) is 40.5 Å². The van der Waals surface area contributed by atoms with Gasteiger partial charge in [-0.15, -0.1) is 0 Å². The van der Waals surface area contributed by atoms with E-state index >= 15 is 0 Å². The Kier molecular flexibility index (Phi) is 11.9. The van der Waals surface area contributed by atoms with Crippen LogP contribution in [0.15, 0.2) is 0 Å². The smallest absolute Gasteiger partial charge is 0.0793 e. The maximum absolute atomic E-state index is 10.2. The molecule has 0 aliphatic carbocycles. The summed E-state index contributed by atoms with van der Waals surface area (Å²) in [5.74, 6) is 0. The van der Waals surface area contributed by atoms with Crippen LogP contribution in [0, 0.1) is 0 Å². The molecule has 3 nitrogen and oxygen atoms in total. The van der Waals surface area contributed by atoms with Crippen molar-refractivity contribution >= 4 is 0 Å². The molecule has 18 heavy (non-hydrogen) atoms. The van der Waals surface area contributed by atoms with E-state index in [4.69, 9.17) is 0 Å². The number of likely N-dealkylation sites (N-methyl/N-ethyl adjacent to an activating group) is 1. The van der Waals surface area contributed by atoms with Crippen LogP contribution in [0.1, 0.15) is 53.4 Å². The molecular weight excluding hydrogens is 224 g/mol. The predicted molar refractivity (Wildman–Crippen MR) is 80.1 cm³/mol. The van der Waals surface area contributed by atoms with Gasteiger partial charge in [0.15, 0.2) is 0 Å². The minimum Gasteiger partial charge on any atom is -0.390 e. The fourth-order valence-corrected chi connectivity index (χ4v) is 2.19. The molecule has 0 aliphatic rings. The van der Waals surface area contributed by atoms with Crippen LogP contribution in [0.3, 0.4) is 0 Å². The Morgan fingerprint density at radius 2 is 1.22 bits per heavy atom. The van der Waals surface area contributed by atoms with Crippen LogP contribution >= 0.6 is 0 Å². The monoisotopic (exact) mass is 258 g/mol. The van der Waals surface area contributed by atoms with E-state index < -0.39 is 0 Å². The Bertz CT molecular complexity index is 164. The van der Waals surface area contributed by atoms with Gasteiger partial charge in [-0.05, 0) is 39.0 Å². The van der Waals surface area contributed by atoms with Gasteiger partial charge >= 0.3 is 0 Å². The van der Waals surface area contributed by atoms with Gasteiger partial charge in [0.05, 0.1) is 6.10 Å². The summed E-state index contributed by atoms with van der Waals surface area (Å²) >= 11 is 0. The van der Waals surface area contributed by atoms with Gasteiger partial charge in [-0.3, -0.25) is 0 Å². The van der Waals surface area contributed by atoms with E-state index in [2.05, 4.69) is 37.5 Å². The van der Waals surface area contributed by atoms with Crippen molar-refractivity contribution in [3.8, 4) is 0 Å². The Labute approximate surface area is 114 Å². The highest BCUT2D eigenvalue weighted by Gasteiger charge is 2.13. The highest BCUT2D eigenvalue weighted by atomic mass is 16.3. The van der Waals surface area contributed by atoms with Crippen LogP contribution in [0.5, 0.6) is 0 Å². The lowest BCUT2D eigenvalue weighted by atomic mass is 10.2. The summed E-state index contributed by atoms with van der Waals surface area (Å²) in [5.41, 5.74) is 0. The highest BCUT2D eigenvalue weighted by Crippen LogP contribution is 2.02. The number of hydrogen-bond donors (Lipinski definition) is 1. The SMILES string of the molecule is CCCCN(CCCC)CC(O)CN(CC)CC. The molecule has 0 aromatic heterocycles. The van der Waals surface area contributed by atoms with E-state index in [0.29, 0.717) is 0 Å². The van der Waals surface area contributed by atoms with Crippen LogP contribution in [-0.2, 0) is 0 Å². The molecule has 0 aromatic carbocycles. The predicted octanol–water partition coefficient (Wildman–Crippen LogP) is 2.59. The molecule has 0 heterocycles. The minimum atomic E-state index is -0.210. The topological polar surface area (TPSA) is 26.7 Å². The van der Waals surface area contributed by atoms with Crippen molar-refractivity contribution in [3.63, 3.8) is 0 Å². The van der Waals surface area contributed by atoms with Crippen molar-refractivity contribution in [2.75, 3.05) is 39.3 Å². The number of hydrogen-bond acceptors (Lipinski definition) is 3. The summed E-state index contributed by atoms with van der Waals surface area (Å²) < 4.78 is 0. The number of unbranched alkanes of at least 4 members (excludes halogenated alkanes) is 2. The summed E-state index contributed by atoms with van der Waals surface area (Å²) in [5, 5.41) is 10.2. The molecule has 0 spiro atoms. The maximum Gasteiger partial charge on any atom is 0.0793 e. The highest BCUT2D eigenvalue weighted by molar-refractivity contribution is 4.68. The Hall–Kier alpha value is -0.120. The van der Waals surface area contributed by atoms with Crippen LogP contribution in [-0.4, -0.2) is 60.3 Å². The summed E-state index contributed by atoms with van der Waals surface area (Å²) in [6.07, 6.45) is 4.73. The molecule has 0 saturated carbocycles. The van der Waals surface area contributed by atoms with E-state index in [1.165, 1.54) is 25.7 Å². The van der Waals surface area contributed by atoms with Crippen molar-refractivity contribution in [2.24, 2.45) is 0 Å². The Morgan fingerprint density at radius 1 is 0.778 bits per heavy atom. The zero-order valence-electron chi connectivity index (χ0n) is 13.0. The van der Waals surface area contributed by atoms with Crippen molar-refractivity contribution in [2.45, 2.75) is 59.5 Å². The molecule has 1 N–H and O–H groups in total. The molecule has 0 aliphatic heterocycles. The third-order valence-corrected chi connectivity index (χ3v) is 3.49. The minimum absolute atomic E-state index is 0.210. The fraction of sp³-hybridized carbons (Fsp3) is 1.00. The van der Waals surface area contributed by atoms with E-state index in [-0.39, 0.29) is 6.10 Å². The zero-order valence-corrected chi connectivity index (χ0v) is 13.0. The van der Waals surface area contributed by atoms with Gasteiger partial charge in [0.2, 0.25) is 0 Å². The maximum atomic E-state index is 10.2. The van der Waals surface area contributed by atoms with E-state index in [1.807, 2.05) is 0 Å². The number of aliphatic hydroxyl groups is 1. The van der Waals surface area contributed by atoms with E-state index in [1.54, 1.807) is 0 Å². The van der Waals surface area contributed by atoms with E-state index in [0.717, 1.165) is 39.3 Å². The standard InChI is InChI=1S/C15H34N2O/c1-5-9-11-17(12-10-6-2)14-15(18)13-16(7-3)8-4/h15,18H,5-14H2,1-4H3. The van der Waals surface area contributed by atoms with Crippen LogP contribution < -0.4 is 0 Å². The number of rotatable bonds is 12. The second-order valence-corrected chi connectivity index (χ2v) is 5.15. The second kappa shape index (κ2) is 11.9. The normalized spacial score (nSPS) is 13.5. The largest absolute Gasteiger partial charge is 0.390 e. The van der Waals surface area contributed by atoms with Crippen molar-refractivity contribution in [3.05, 3.63) is 0 Å². The number of aliphatic hydroxyl groups excluding tert-OH is 1. The van der Waals surface area contributed by atoms with Crippen LogP contribution in [0.25, 0.3) is 0 Å². The molecule has 0 amide bonds. The molecule has 0 fully saturated rings. The molecule has 0 rings (SSSR count). The molecule has 1 unspecified atom stereocenters. The summed E-state index contributed by atoms with van der Waals surface area (Å²) in [7, 11) is 0. The molecule has 0 radical (unpaired) electrons. The van der Waals surface area contributed by atoms with Gasteiger partial charge < -0.3 is 14.9 Å². The molecule has 1 atom stereocenters. The quantitative estimate of drug-likeness (QED) is 0.583. The van der Waals surface area contributed by atoms with Gasteiger partial charge in [0, 0.05) is 13.1 Å². The molecule has 0 aromatic rings.